The monoisotopic (exact) mass is 307 g/mol. The first-order valence-corrected chi connectivity index (χ1v) is 6.86. The maximum atomic E-state index is 11.8. The van der Waals surface area contributed by atoms with E-state index >= 15 is 0 Å². The standard InChI is InChI=1S/C17H13N3O3/c21-16(8-7-14-2-1-11-22-14)20-13-3-5-15(6-4-13)23-17-12-18-9-10-19-17/h1-12H,(H,20,21). The van der Waals surface area contributed by atoms with Crippen LogP contribution in [-0.4, -0.2) is 15.9 Å². The number of benzene rings is 1. The summed E-state index contributed by atoms with van der Waals surface area (Å²) in [5.41, 5.74) is 0.658. The Hall–Kier alpha value is -3.41. The van der Waals surface area contributed by atoms with Crippen molar-refractivity contribution in [3.05, 3.63) is 73.1 Å². The quantitative estimate of drug-likeness (QED) is 0.730. The number of anilines is 1. The molecule has 0 unspecified atom stereocenters. The van der Waals surface area contributed by atoms with E-state index in [4.69, 9.17) is 9.15 Å². The molecule has 0 bridgehead atoms. The summed E-state index contributed by atoms with van der Waals surface area (Å²) in [5.74, 6) is 1.39. The molecule has 6 nitrogen and oxygen atoms in total. The highest BCUT2D eigenvalue weighted by Crippen LogP contribution is 2.20. The number of aromatic nitrogens is 2. The Labute approximate surface area is 132 Å². The van der Waals surface area contributed by atoms with E-state index in [-0.39, 0.29) is 5.91 Å². The summed E-state index contributed by atoms with van der Waals surface area (Å²) < 4.78 is 10.6. The number of hydrogen-bond donors (Lipinski definition) is 1. The summed E-state index contributed by atoms with van der Waals surface area (Å²) in [4.78, 5) is 19.7. The van der Waals surface area contributed by atoms with Gasteiger partial charge in [-0.1, -0.05) is 0 Å². The van der Waals surface area contributed by atoms with Gasteiger partial charge in [0.15, 0.2) is 0 Å². The fourth-order valence-corrected chi connectivity index (χ4v) is 1.79. The molecule has 2 heterocycles. The molecule has 2 aromatic heterocycles. The van der Waals surface area contributed by atoms with Crippen molar-refractivity contribution in [3.8, 4) is 11.6 Å². The lowest BCUT2D eigenvalue weighted by molar-refractivity contribution is -0.111. The number of nitrogens with zero attached hydrogens (tertiary/aromatic N) is 2. The van der Waals surface area contributed by atoms with Crippen LogP contribution in [0.2, 0.25) is 0 Å². The molecule has 0 aliphatic heterocycles. The van der Waals surface area contributed by atoms with Crippen molar-refractivity contribution >= 4 is 17.7 Å². The van der Waals surface area contributed by atoms with E-state index < -0.39 is 0 Å². The highest BCUT2D eigenvalue weighted by molar-refractivity contribution is 6.01. The van der Waals surface area contributed by atoms with Crippen molar-refractivity contribution in [1.82, 2.24) is 9.97 Å². The molecule has 1 amide bonds. The van der Waals surface area contributed by atoms with Crippen molar-refractivity contribution in [2.24, 2.45) is 0 Å². The topological polar surface area (TPSA) is 77.2 Å². The van der Waals surface area contributed by atoms with E-state index in [0.717, 1.165) is 0 Å². The van der Waals surface area contributed by atoms with Crippen molar-refractivity contribution in [2.75, 3.05) is 5.32 Å². The Bertz CT molecular complexity index is 782. The zero-order valence-corrected chi connectivity index (χ0v) is 12.0. The summed E-state index contributed by atoms with van der Waals surface area (Å²) in [7, 11) is 0. The second-order valence-corrected chi connectivity index (χ2v) is 4.51. The van der Waals surface area contributed by atoms with Crippen molar-refractivity contribution in [1.29, 1.82) is 0 Å². The molecule has 3 aromatic rings. The zero-order valence-electron chi connectivity index (χ0n) is 12.0. The van der Waals surface area contributed by atoms with Crippen LogP contribution in [0.4, 0.5) is 5.69 Å². The van der Waals surface area contributed by atoms with E-state index in [1.165, 1.54) is 12.3 Å². The molecule has 0 spiro atoms. The van der Waals surface area contributed by atoms with Crippen molar-refractivity contribution < 1.29 is 13.9 Å². The molecular weight excluding hydrogens is 294 g/mol. The summed E-state index contributed by atoms with van der Waals surface area (Å²) >= 11 is 0. The Morgan fingerprint density at radius 2 is 2.04 bits per heavy atom. The maximum absolute atomic E-state index is 11.8. The van der Waals surface area contributed by atoms with Crippen LogP contribution in [-0.2, 0) is 4.79 Å². The maximum Gasteiger partial charge on any atom is 0.248 e. The highest BCUT2D eigenvalue weighted by Gasteiger charge is 2.01. The molecule has 0 fully saturated rings. The van der Waals surface area contributed by atoms with E-state index in [1.54, 1.807) is 61.1 Å². The third-order valence-electron chi connectivity index (χ3n) is 2.83. The molecule has 0 atom stereocenters. The Morgan fingerprint density at radius 3 is 2.74 bits per heavy atom. The lowest BCUT2D eigenvalue weighted by atomic mass is 10.3. The van der Waals surface area contributed by atoms with Gasteiger partial charge in [-0.2, -0.15) is 0 Å². The first kappa shape index (κ1) is 14.5. The number of carbonyl (C=O) groups is 1. The van der Waals surface area contributed by atoms with Gasteiger partial charge in [0.1, 0.15) is 11.5 Å². The Morgan fingerprint density at radius 1 is 1.17 bits per heavy atom. The number of nitrogens with one attached hydrogen (secondary N) is 1. The van der Waals surface area contributed by atoms with E-state index in [2.05, 4.69) is 15.3 Å². The van der Waals surface area contributed by atoms with Gasteiger partial charge in [0.25, 0.3) is 0 Å². The van der Waals surface area contributed by atoms with Gasteiger partial charge in [-0.25, -0.2) is 4.98 Å². The minimum atomic E-state index is -0.246. The summed E-state index contributed by atoms with van der Waals surface area (Å²) in [6.45, 7) is 0. The number of furan rings is 1. The smallest absolute Gasteiger partial charge is 0.248 e. The van der Waals surface area contributed by atoms with Crippen LogP contribution in [0.1, 0.15) is 5.76 Å². The van der Waals surface area contributed by atoms with Crippen LogP contribution in [0.3, 0.4) is 0 Å². The first-order valence-electron chi connectivity index (χ1n) is 6.86. The van der Waals surface area contributed by atoms with Gasteiger partial charge in [-0.15, -0.1) is 0 Å². The molecule has 3 rings (SSSR count). The molecule has 0 radical (unpaired) electrons. The first-order chi connectivity index (χ1) is 11.3. The van der Waals surface area contributed by atoms with Gasteiger partial charge in [-0.05, 0) is 42.5 Å². The number of ether oxygens (including phenoxy) is 1. The fourth-order valence-electron chi connectivity index (χ4n) is 1.79. The minimum Gasteiger partial charge on any atom is -0.465 e. The van der Waals surface area contributed by atoms with Crippen LogP contribution in [0.5, 0.6) is 11.6 Å². The third-order valence-corrected chi connectivity index (χ3v) is 2.83. The predicted molar refractivity (Wildman–Crippen MR) is 84.9 cm³/mol. The van der Waals surface area contributed by atoms with Crippen molar-refractivity contribution in [3.63, 3.8) is 0 Å². The summed E-state index contributed by atoms with van der Waals surface area (Å²) in [6, 6.07) is 10.5. The second kappa shape index (κ2) is 7.04. The predicted octanol–water partition coefficient (Wildman–Crippen LogP) is 3.51. The summed E-state index contributed by atoms with van der Waals surface area (Å²) in [5, 5.41) is 2.74. The van der Waals surface area contributed by atoms with Crippen LogP contribution in [0.25, 0.3) is 6.08 Å². The molecule has 23 heavy (non-hydrogen) atoms. The van der Waals surface area contributed by atoms with Gasteiger partial charge in [0.2, 0.25) is 11.8 Å². The number of carbonyl (C=O) groups excluding carboxylic acids is 1. The van der Waals surface area contributed by atoms with Gasteiger partial charge in [0.05, 0.1) is 12.5 Å². The average Bonchev–Trinajstić information content (AvgIpc) is 3.09. The van der Waals surface area contributed by atoms with Gasteiger partial charge in [0, 0.05) is 24.2 Å². The van der Waals surface area contributed by atoms with Crippen LogP contribution in [0, 0.1) is 0 Å². The molecule has 0 saturated heterocycles. The van der Waals surface area contributed by atoms with E-state index in [0.29, 0.717) is 23.1 Å². The largest absolute Gasteiger partial charge is 0.465 e. The van der Waals surface area contributed by atoms with Gasteiger partial charge >= 0.3 is 0 Å². The molecule has 114 valence electrons. The molecule has 6 heteroatoms. The van der Waals surface area contributed by atoms with Crippen LogP contribution >= 0.6 is 0 Å². The molecule has 0 saturated carbocycles. The second-order valence-electron chi connectivity index (χ2n) is 4.51. The highest BCUT2D eigenvalue weighted by atomic mass is 16.5. The lowest BCUT2D eigenvalue weighted by Gasteiger charge is -2.05. The van der Waals surface area contributed by atoms with E-state index in [9.17, 15) is 4.79 Å². The third kappa shape index (κ3) is 4.28. The van der Waals surface area contributed by atoms with Gasteiger partial charge < -0.3 is 14.5 Å². The van der Waals surface area contributed by atoms with Crippen LogP contribution in [0.15, 0.2) is 71.7 Å². The zero-order chi connectivity index (χ0) is 15.9. The molecule has 0 aliphatic carbocycles. The fraction of sp³-hybridized carbons (Fsp3) is 0. The average molecular weight is 307 g/mol. The Balaban J connectivity index is 1.58. The minimum absolute atomic E-state index is 0.246. The van der Waals surface area contributed by atoms with E-state index in [1.807, 2.05) is 0 Å². The molecule has 1 N–H and O–H groups in total. The van der Waals surface area contributed by atoms with Gasteiger partial charge in [-0.3, -0.25) is 9.78 Å². The lowest BCUT2D eigenvalue weighted by Crippen LogP contribution is -2.07. The SMILES string of the molecule is O=C(C=Cc1ccco1)Nc1ccc(Oc2cnccn2)cc1. The number of rotatable bonds is 5. The normalized spacial score (nSPS) is 10.6. The Kier molecular flexibility index (Phi) is 4.44. The molecular formula is C17H13N3O3. The van der Waals surface area contributed by atoms with Crippen molar-refractivity contribution in [2.45, 2.75) is 0 Å². The molecule has 0 aliphatic rings. The summed E-state index contributed by atoms with van der Waals surface area (Å²) in [6.07, 6.45) is 9.20. The molecule has 1 aromatic carbocycles. The van der Waals surface area contributed by atoms with Crippen LogP contribution < -0.4 is 10.1 Å². The number of hydrogen-bond acceptors (Lipinski definition) is 5. The number of amides is 1.